The third-order valence-corrected chi connectivity index (χ3v) is 9.73. The quantitative estimate of drug-likeness (QED) is 0.0982. The third-order valence-electron chi connectivity index (χ3n) is 8.03. The van der Waals surface area contributed by atoms with Crippen molar-refractivity contribution in [3.8, 4) is 0 Å². The molecule has 1 unspecified atom stereocenters. The molecule has 0 radical (unpaired) electrons. The molecule has 1 saturated heterocycles. The summed E-state index contributed by atoms with van der Waals surface area (Å²) < 4.78 is 33.2. The summed E-state index contributed by atoms with van der Waals surface area (Å²) in [5.74, 6) is -2.54. The van der Waals surface area contributed by atoms with Crippen LogP contribution in [-0.4, -0.2) is 54.4 Å². The molecule has 0 aliphatic carbocycles. The predicted octanol–water partition coefficient (Wildman–Crippen LogP) is 8.24. The van der Waals surface area contributed by atoms with Crippen LogP contribution in [0.25, 0.3) is 0 Å². The van der Waals surface area contributed by atoms with Crippen LogP contribution in [0.2, 0.25) is 5.02 Å². The normalized spacial score (nSPS) is 15.5. The Morgan fingerprint density at radius 1 is 0.891 bits per heavy atom. The summed E-state index contributed by atoms with van der Waals surface area (Å²) in [5, 5.41) is 2.57. The number of Topliss-reactive ketones (excluding diaryl/α,β-unsaturated/α-hetero) is 1. The highest BCUT2D eigenvalue weighted by atomic mass is 35.5. The lowest BCUT2D eigenvalue weighted by Crippen LogP contribution is -2.55. The van der Waals surface area contributed by atoms with Crippen LogP contribution >= 0.6 is 11.6 Å². The number of ketones is 1. The number of cyclic esters (lactones) is 1. The van der Waals surface area contributed by atoms with Crippen LogP contribution in [-0.2, 0) is 29.1 Å². The minimum Gasteiger partial charge on any atom is -0.433 e. The standard InChI is InChI=1S/C34H54ClN3O7S/c1-7-8-9-10-11-12-13-14-15-16-17-18-19-20-23-46(43,44)37-25-21-22-26(35)27(24-25)36-30(40)28(29(39)33(2,3)4)38-31(41)34(5,6)45-32(38)42/h21-22,24,28,37H,7-20,23H2,1-6H3,(H,36,40). The first-order valence-corrected chi connectivity index (χ1v) is 18.7. The van der Waals surface area contributed by atoms with E-state index >= 15 is 0 Å². The highest BCUT2D eigenvalue weighted by Gasteiger charge is 2.55. The van der Waals surface area contributed by atoms with Crippen molar-refractivity contribution in [2.24, 2.45) is 5.41 Å². The fourth-order valence-electron chi connectivity index (χ4n) is 5.27. The van der Waals surface area contributed by atoms with E-state index in [2.05, 4.69) is 17.0 Å². The van der Waals surface area contributed by atoms with Gasteiger partial charge in [-0.05, 0) is 38.5 Å². The van der Waals surface area contributed by atoms with Crippen molar-refractivity contribution < 1.29 is 32.3 Å². The Kier molecular flexibility index (Phi) is 15.5. The van der Waals surface area contributed by atoms with Crippen molar-refractivity contribution in [3.05, 3.63) is 23.2 Å². The number of sulfonamides is 1. The van der Waals surface area contributed by atoms with Gasteiger partial charge in [0.2, 0.25) is 10.0 Å². The van der Waals surface area contributed by atoms with Gasteiger partial charge in [-0.1, -0.05) is 123 Å². The minimum atomic E-state index is -3.67. The lowest BCUT2D eigenvalue weighted by molar-refractivity contribution is -0.145. The molecule has 0 spiro atoms. The lowest BCUT2D eigenvalue weighted by Gasteiger charge is -2.28. The summed E-state index contributed by atoms with van der Waals surface area (Å²) in [5.41, 5.74) is -2.46. The molecule has 12 heteroatoms. The monoisotopic (exact) mass is 683 g/mol. The number of carbonyl (C=O) groups is 4. The molecule has 1 fully saturated rings. The maximum Gasteiger partial charge on any atom is 0.418 e. The van der Waals surface area contributed by atoms with Crippen molar-refractivity contribution >= 4 is 56.7 Å². The fraction of sp³-hybridized carbons (Fsp3) is 0.706. The molecule has 2 N–H and O–H groups in total. The highest BCUT2D eigenvalue weighted by Crippen LogP contribution is 2.31. The van der Waals surface area contributed by atoms with Crippen molar-refractivity contribution in [3.63, 3.8) is 0 Å². The van der Waals surface area contributed by atoms with Crippen LogP contribution < -0.4 is 10.0 Å². The molecule has 0 saturated carbocycles. The second kappa shape index (κ2) is 18.0. The third kappa shape index (κ3) is 12.5. The Bertz CT molecular complexity index is 1310. The number of imide groups is 1. The predicted molar refractivity (Wildman–Crippen MR) is 183 cm³/mol. The number of hydrogen-bond acceptors (Lipinski definition) is 7. The van der Waals surface area contributed by atoms with Crippen LogP contribution in [0, 0.1) is 5.41 Å². The van der Waals surface area contributed by atoms with Gasteiger partial charge in [-0.3, -0.25) is 19.1 Å². The molecule has 1 aromatic carbocycles. The summed E-state index contributed by atoms with van der Waals surface area (Å²) in [6, 6.07) is 2.37. The van der Waals surface area contributed by atoms with E-state index in [1.54, 1.807) is 20.8 Å². The maximum atomic E-state index is 13.5. The molecule has 1 aliphatic rings. The Morgan fingerprint density at radius 2 is 1.39 bits per heavy atom. The van der Waals surface area contributed by atoms with Gasteiger partial charge in [-0.15, -0.1) is 0 Å². The van der Waals surface area contributed by atoms with Crippen LogP contribution in [0.5, 0.6) is 0 Å². The van der Waals surface area contributed by atoms with Gasteiger partial charge in [0.25, 0.3) is 11.8 Å². The van der Waals surface area contributed by atoms with Gasteiger partial charge in [0.1, 0.15) is 0 Å². The number of nitrogens with one attached hydrogen (secondary N) is 2. The van der Waals surface area contributed by atoms with Crippen LogP contribution in [0.15, 0.2) is 18.2 Å². The van der Waals surface area contributed by atoms with Crippen LogP contribution in [0.4, 0.5) is 16.2 Å². The molecule has 1 aromatic rings. The maximum absolute atomic E-state index is 13.5. The molecule has 3 amide bonds. The Labute approximate surface area is 280 Å². The number of rotatable bonds is 21. The number of unbranched alkanes of at least 4 members (excludes halogenated alkanes) is 13. The molecule has 2 rings (SSSR count). The van der Waals surface area contributed by atoms with Crippen molar-refractivity contribution in [1.29, 1.82) is 0 Å². The van der Waals surface area contributed by atoms with E-state index in [0.29, 0.717) is 11.3 Å². The summed E-state index contributed by atoms with van der Waals surface area (Å²) >= 11 is 6.30. The molecule has 0 aromatic heterocycles. The molecule has 1 atom stereocenters. The Hall–Kier alpha value is -2.66. The molecule has 0 bridgehead atoms. The number of ether oxygens (including phenoxy) is 1. The first-order valence-electron chi connectivity index (χ1n) is 16.7. The van der Waals surface area contributed by atoms with Gasteiger partial charge in [0.15, 0.2) is 17.4 Å². The van der Waals surface area contributed by atoms with E-state index in [1.807, 2.05) is 0 Å². The zero-order chi connectivity index (χ0) is 34.5. The smallest absolute Gasteiger partial charge is 0.418 e. The molecule has 46 heavy (non-hydrogen) atoms. The number of halogens is 1. The van der Waals surface area contributed by atoms with E-state index in [9.17, 15) is 27.6 Å². The van der Waals surface area contributed by atoms with Gasteiger partial charge in [0.05, 0.1) is 22.2 Å². The summed E-state index contributed by atoms with van der Waals surface area (Å²) in [4.78, 5) is 52.8. The molecule has 1 heterocycles. The van der Waals surface area contributed by atoms with Gasteiger partial charge in [-0.2, -0.15) is 0 Å². The average Bonchev–Trinajstić information content (AvgIpc) is 3.16. The Morgan fingerprint density at radius 3 is 1.85 bits per heavy atom. The van der Waals surface area contributed by atoms with E-state index in [0.717, 1.165) is 19.3 Å². The largest absolute Gasteiger partial charge is 0.433 e. The molecule has 260 valence electrons. The topological polar surface area (TPSA) is 139 Å². The molecular formula is C34H54ClN3O7S. The number of nitrogens with zero attached hydrogens (tertiary/aromatic N) is 1. The van der Waals surface area contributed by atoms with Crippen molar-refractivity contribution in [2.75, 3.05) is 15.8 Å². The molecule has 1 aliphatic heterocycles. The Balaban J connectivity index is 1.89. The number of amides is 3. The summed E-state index contributed by atoms with van der Waals surface area (Å²) in [6.07, 6.45) is 15.3. The highest BCUT2D eigenvalue weighted by molar-refractivity contribution is 7.92. The average molecular weight is 684 g/mol. The van der Waals surface area contributed by atoms with E-state index in [-0.39, 0.29) is 22.2 Å². The van der Waals surface area contributed by atoms with Gasteiger partial charge in [-0.25, -0.2) is 18.1 Å². The number of carbonyl (C=O) groups excluding carboxylic acids is 4. The number of benzene rings is 1. The summed E-state index contributed by atoms with van der Waals surface area (Å²) in [6.45, 7) is 9.66. The van der Waals surface area contributed by atoms with E-state index in [1.165, 1.54) is 96.3 Å². The first-order chi connectivity index (χ1) is 21.5. The van der Waals surface area contributed by atoms with Crippen molar-refractivity contribution in [1.82, 2.24) is 4.90 Å². The number of hydrogen-bond donors (Lipinski definition) is 2. The van der Waals surface area contributed by atoms with Crippen molar-refractivity contribution in [2.45, 2.75) is 143 Å². The zero-order valence-electron chi connectivity index (χ0n) is 28.5. The van der Waals surface area contributed by atoms with Gasteiger partial charge in [0, 0.05) is 5.41 Å². The summed E-state index contributed by atoms with van der Waals surface area (Å²) in [7, 11) is -3.67. The second-order valence-electron chi connectivity index (χ2n) is 13.8. The first kappa shape index (κ1) is 39.5. The SMILES string of the molecule is CCCCCCCCCCCCCCCCS(=O)(=O)Nc1ccc(Cl)c(NC(=O)C(C(=O)C(C)(C)C)N2C(=O)OC(C)(C)C2=O)c1. The molecule has 10 nitrogen and oxygen atoms in total. The molecular weight excluding hydrogens is 630 g/mol. The fourth-order valence-corrected chi connectivity index (χ4v) is 6.61. The number of anilines is 2. The van der Waals surface area contributed by atoms with Crippen LogP contribution in [0.1, 0.15) is 131 Å². The minimum absolute atomic E-state index is 0.00865. The van der Waals surface area contributed by atoms with Gasteiger partial charge >= 0.3 is 6.09 Å². The van der Waals surface area contributed by atoms with Gasteiger partial charge < -0.3 is 10.1 Å². The lowest BCUT2D eigenvalue weighted by atomic mass is 9.85. The van der Waals surface area contributed by atoms with E-state index in [4.69, 9.17) is 16.3 Å². The van der Waals surface area contributed by atoms with Crippen LogP contribution in [0.3, 0.4) is 0 Å². The second-order valence-corrected chi connectivity index (χ2v) is 16.0. The van der Waals surface area contributed by atoms with E-state index < -0.39 is 50.8 Å². The zero-order valence-corrected chi connectivity index (χ0v) is 30.1.